The third-order valence-corrected chi connectivity index (χ3v) is 4.31. The van der Waals surface area contributed by atoms with Crippen LogP contribution in [0, 0.1) is 0 Å². The highest BCUT2D eigenvalue weighted by molar-refractivity contribution is 8.93. The van der Waals surface area contributed by atoms with E-state index in [1.165, 1.54) is 0 Å². The number of aromatic nitrogens is 2. The molecule has 1 aliphatic heterocycles. The molecule has 0 fully saturated rings. The van der Waals surface area contributed by atoms with Gasteiger partial charge in [-0.1, -0.05) is 36.4 Å². The molecule has 0 atom stereocenters. The van der Waals surface area contributed by atoms with Crippen LogP contribution in [0.2, 0.25) is 0 Å². The van der Waals surface area contributed by atoms with E-state index in [4.69, 9.17) is 0 Å². The third kappa shape index (κ3) is 5.08. The molecule has 0 saturated heterocycles. The molecule has 0 radical (unpaired) electrons. The van der Waals surface area contributed by atoms with E-state index in [-0.39, 0.29) is 34.0 Å². The summed E-state index contributed by atoms with van der Waals surface area (Å²) in [5, 5.41) is 7.30. The van der Waals surface area contributed by atoms with Gasteiger partial charge in [0.1, 0.15) is 6.20 Å². The molecule has 3 aromatic rings. The van der Waals surface area contributed by atoms with Gasteiger partial charge in [0.2, 0.25) is 5.96 Å². The first-order valence-electron chi connectivity index (χ1n) is 8.61. The standard InChI is InChI=1S/C20H21N6.2BrH/c1-25-18(15-26-13-3-2-4-19(25)26)10-9-16-5-7-17(8-6-16)14-23-24-20-21-11-12-22-20;;/h2-10,13-15H,11-12H2,1H3,(H2,21,22,24);2*1H/q+1;;/p-1/b10-9+,23-14+;;. The molecule has 2 N–H and O–H groups in total. The summed E-state index contributed by atoms with van der Waals surface area (Å²) in [6.07, 6.45) is 10.2. The van der Waals surface area contributed by atoms with Crippen molar-refractivity contribution >= 4 is 47.0 Å². The molecule has 0 aliphatic carbocycles. The lowest BCUT2D eigenvalue weighted by Gasteiger charge is -1.99. The summed E-state index contributed by atoms with van der Waals surface area (Å²) in [6, 6.07) is 14.4. The topological polar surface area (TPSA) is 57.8 Å². The molecule has 3 heterocycles. The van der Waals surface area contributed by atoms with Gasteiger partial charge < -0.3 is 22.3 Å². The predicted molar refractivity (Wildman–Crippen MR) is 115 cm³/mol. The maximum Gasteiger partial charge on any atom is 0.286 e. The number of hydrogen-bond donors (Lipinski definition) is 2. The molecule has 2 aromatic heterocycles. The smallest absolute Gasteiger partial charge is 0.286 e. The molecule has 28 heavy (non-hydrogen) atoms. The van der Waals surface area contributed by atoms with Crippen LogP contribution in [-0.4, -0.2) is 29.8 Å². The third-order valence-electron chi connectivity index (χ3n) is 4.31. The van der Waals surface area contributed by atoms with Gasteiger partial charge in [-0.05, 0) is 23.3 Å². The SMILES string of the molecule is Br.Cn1c(/C=C/c2ccc(/C=N/NC3=NCCN3)cc2)c[n+]2ccccc12.[Br-]. The fourth-order valence-corrected chi connectivity index (χ4v) is 2.87. The minimum absolute atomic E-state index is 0. The van der Waals surface area contributed by atoms with Gasteiger partial charge in [-0.15, -0.1) is 17.0 Å². The number of rotatable bonds is 4. The summed E-state index contributed by atoms with van der Waals surface area (Å²) in [5.41, 5.74) is 7.39. The van der Waals surface area contributed by atoms with E-state index in [9.17, 15) is 0 Å². The first-order valence-corrected chi connectivity index (χ1v) is 8.61. The maximum absolute atomic E-state index is 4.22. The second-order valence-electron chi connectivity index (χ2n) is 6.11. The van der Waals surface area contributed by atoms with Gasteiger partial charge in [0.15, 0.2) is 5.69 Å². The molecule has 1 aliphatic rings. The van der Waals surface area contributed by atoms with Crippen LogP contribution in [-0.2, 0) is 7.05 Å². The van der Waals surface area contributed by atoms with Crippen molar-refractivity contribution in [3.63, 3.8) is 0 Å². The van der Waals surface area contributed by atoms with Crippen LogP contribution < -0.4 is 32.1 Å². The van der Waals surface area contributed by atoms with Crippen molar-refractivity contribution in [1.29, 1.82) is 0 Å². The number of aliphatic imine (C=N–C) groups is 1. The first-order chi connectivity index (χ1) is 12.8. The van der Waals surface area contributed by atoms with Gasteiger partial charge in [0.25, 0.3) is 5.65 Å². The number of nitrogens with zero attached hydrogens (tertiary/aromatic N) is 4. The maximum atomic E-state index is 4.22. The Hall–Kier alpha value is -2.45. The summed E-state index contributed by atoms with van der Waals surface area (Å²) in [5.74, 6) is 0.730. The van der Waals surface area contributed by atoms with Crippen molar-refractivity contribution in [3.8, 4) is 0 Å². The predicted octanol–water partition coefficient (Wildman–Crippen LogP) is -0.601. The molecule has 0 saturated carbocycles. The number of aryl methyl sites for hydroxylation is 1. The summed E-state index contributed by atoms with van der Waals surface area (Å²) >= 11 is 0. The normalized spacial score (nSPS) is 13.2. The van der Waals surface area contributed by atoms with E-state index in [0.29, 0.717) is 0 Å². The van der Waals surface area contributed by atoms with Gasteiger partial charge >= 0.3 is 0 Å². The van der Waals surface area contributed by atoms with E-state index in [2.05, 4.69) is 79.6 Å². The number of guanidine groups is 1. The van der Waals surface area contributed by atoms with Gasteiger partial charge in [-0.3, -0.25) is 0 Å². The monoisotopic (exact) mass is 504 g/mol. The van der Waals surface area contributed by atoms with Crippen LogP contribution in [0.4, 0.5) is 0 Å². The quantitative estimate of drug-likeness (QED) is 0.282. The highest BCUT2D eigenvalue weighted by atomic mass is 79.9. The fraction of sp³-hybridized carbons (Fsp3) is 0.150. The molecule has 146 valence electrons. The zero-order valence-corrected chi connectivity index (χ0v) is 18.7. The Morgan fingerprint density at radius 2 is 1.93 bits per heavy atom. The Kier molecular flexibility index (Phi) is 7.95. The van der Waals surface area contributed by atoms with E-state index in [1.54, 1.807) is 6.21 Å². The van der Waals surface area contributed by atoms with E-state index < -0.39 is 0 Å². The van der Waals surface area contributed by atoms with Gasteiger partial charge in [-0.2, -0.15) is 5.10 Å². The van der Waals surface area contributed by atoms with E-state index in [0.717, 1.165) is 41.5 Å². The molecule has 0 bridgehead atoms. The second-order valence-corrected chi connectivity index (χ2v) is 6.11. The molecular weight excluding hydrogens is 484 g/mol. The molecule has 4 rings (SSSR count). The van der Waals surface area contributed by atoms with Crippen LogP contribution >= 0.6 is 17.0 Å². The fourth-order valence-electron chi connectivity index (χ4n) is 2.87. The lowest BCUT2D eigenvalue weighted by atomic mass is 10.1. The number of halogens is 2. The number of imidazole rings is 1. The highest BCUT2D eigenvalue weighted by Crippen LogP contribution is 2.10. The van der Waals surface area contributed by atoms with Gasteiger partial charge in [0, 0.05) is 12.6 Å². The van der Waals surface area contributed by atoms with Crippen molar-refractivity contribution in [2.24, 2.45) is 17.1 Å². The van der Waals surface area contributed by atoms with Crippen LogP contribution in [0.15, 0.2) is 65.0 Å². The average molecular weight is 506 g/mol. The molecule has 0 spiro atoms. The molecule has 1 aromatic carbocycles. The molecule has 0 amide bonds. The van der Waals surface area contributed by atoms with E-state index in [1.807, 2.05) is 24.3 Å². The average Bonchev–Trinajstić information content (AvgIpc) is 3.30. The van der Waals surface area contributed by atoms with Crippen LogP contribution in [0.5, 0.6) is 0 Å². The lowest BCUT2D eigenvalue weighted by Crippen LogP contribution is -3.00. The Labute approximate surface area is 185 Å². The van der Waals surface area contributed by atoms with Crippen LogP contribution in [0.3, 0.4) is 0 Å². The van der Waals surface area contributed by atoms with Crippen molar-refractivity contribution in [2.75, 3.05) is 13.1 Å². The van der Waals surface area contributed by atoms with Crippen LogP contribution in [0.1, 0.15) is 16.8 Å². The summed E-state index contributed by atoms with van der Waals surface area (Å²) in [4.78, 5) is 4.22. The molecule has 0 unspecified atom stereocenters. The van der Waals surface area contributed by atoms with Crippen molar-refractivity contribution in [2.45, 2.75) is 0 Å². The molecular formula is C20H22Br2N6. The zero-order chi connectivity index (χ0) is 17.8. The lowest BCUT2D eigenvalue weighted by molar-refractivity contribution is -0.510. The van der Waals surface area contributed by atoms with Gasteiger partial charge in [-0.25, -0.2) is 19.4 Å². The largest absolute Gasteiger partial charge is 1.00 e. The summed E-state index contributed by atoms with van der Waals surface area (Å²) in [7, 11) is 2.07. The van der Waals surface area contributed by atoms with Crippen molar-refractivity contribution < 1.29 is 21.4 Å². The van der Waals surface area contributed by atoms with Crippen molar-refractivity contribution in [3.05, 3.63) is 71.7 Å². The number of hydrazone groups is 1. The highest BCUT2D eigenvalue weighted by Gasteiger charge is 2.10. The minimum Gasteiger partial charge on any atom is -1.00 e. The number of benzene rings is 1. The summed E-state index contributed by atoms with van der Waals surface area (Å²) in [6.45, 7) is 1.67. The minimum atomic E-state index is 0. The van der Waals surface area contributed by atoms with Crippen molar-refractivity contribution in [1.82, 2.24) is 15.3 Å². The Morgan fingerprint density at radius 3 is 2.64 bits per heavy atom. The first kappa shape index (κ1) is 21.8. The Balaban J connectivity index is 0.00000140. The Morgan fingerprint density at radius 1 is 1.14 bits per heavy atom. The number of fused-ring (bicyclic) bond motifs is 1. The van der Waals surface area contributed by atoms with E-state index >= 15 is 0 Å². The molecule has 6 nitrogen and oxygen atoms in total. The number of hydrogen-bond acceptors (Lipinski definition) is 4. The Bertz CT molecular complexity index is 1010. The van der Waals surface area contributed by atoms with Gasteiger partial charge in [0.05, 0.1) is 26.0 Å². The second kappa shape index (κ2) is 10.2. The zero-order valence-electron chi connectivity index (χ0n) is 15.4. The number of pyridine rings is 1. The molecule has 8 heteroatoms. The number of nitrogens with one attached hydrogen (secondary N) is 2. The summed E-state index contributed by atoms with van der Waals surface area (Å²) < 4.78 is 4.29. The van der Waals surface area contributed by atoms with Crippen LogP contribution in [0.25, 0.3) is 17.8 Å².